The van der Waals surface area contributed by atoms with E-state index in [9.17, 15) is 4.39 Å². The van der Waals surface area contributed by atoms with Crippen LogP contribution in [0.1, 0.15) is 29.2 Å². The summed E-state index contributed by atoms with van der Waals surface area (Å²) in [7, 11) is 4.02. The van der Waals surface area contributed by atoms with E-state index >= 15 is 0 Å². The van der Waals surface area contributed by atoms with Gasteiger partial charge in [-0.3, -0.25) is 0 Å². The average molecular weight is 457 g/mol. The Kier molecular flexibility index (Phi) is 6.64. The molecule has 0 aliphatic rings. The van der Waals surface area contributed by atoms with E-state index in [4.69, 9.17) is 10.5 Å². The number of nitrogens with zero attached hydrogens (tertiary/aromatic N) is 6. The first-order valence-electron chi connectivity index (χ1n) is 10.7. The number of hydrogen-bond acceptors (Lipinski definition) is 8. The van der Waals surface area contributed by atoms with Crippen LogP contribution in [0.15, 0.2) is 48.8 Å². The molecule has 0 radical (unpaired) electrons. The highest BCUT2D eigenvalue weighted by Crippen LogP contribution is 2.31. The van der Waals surface area contributed by atoms with E-state index in [0.29, 0.717) is 35.1 Å². The molecule has 0 unspecified atom stereocenters. The molecule has 1 atom stereocenters. The summed E-state index contributed by atoms with van der Waals surface area (Å²) in [5, 5.41) is 7.68. The molecule has 1 aromatic carbocycles. The molecule has 0 bridgehead atoms. The molecular weight excluding hydrogens is 423 g/mol. The van der Waals surface area contributed by atoms with Gasteiger partial charge in [0.25, 0.3) is 0 Å². The second-order valence-electron chi connectivity index (χ2n) is 7.99. The minimum atomic E-state index is -0.278. The van der Waals surface area contributed by atoms with E-state index in [0.717, 1.165) is 18.5 Å². The van der Waals surface area contributed by atoms with Crippen molar-refractivity contribution in [3.8, 4) is 17.3 Å². The molecule has 0 spiro atoms. The Bertz CT molecular complexity index is 1240. The third-order valence-electron chi connectivity index (χ3n) is 5.10. The Labute approximate surface area is 195 Å². The Morgan fingerprint density at radius 2 is 2.03 bits per heavy atom. The molecule has 3 N–H and O–H groups in total. The lowest BCUT2D eigenvalue weighted by Gasteiger charge is -2.16. The van der Waals surface area contributed by atoms with Gasteiger partial charge < -0.3 is 20.7 Å². The monoisotopic (exact) mass is 456 g/mol. The zero-order chi connectivity index (χ0) is 23.4. The predicted molar refractivity (Wildman–Crippen MR) is 132 cm³/mol. The van der Waals surface area contributed by atoms with Crippen LogP contribution in [0.2, 0.25) is 0 Å². The normalized spacial score (nSPS) is 12.3. The van der Waals surface area contributed by atoms with E-state index in [2.05, 4.69) is 30.3 Å². The summed E-state index contributed by atoms with van der Waals surface area (Å²) in [6, 6.07) is 10.0. The summed E-state index contributed by atoms with van der Waals surface area (Å²) in [6.07, 6.45) is 4.28. The number of aromatic nitrogens is 5. The van der Waals surface area contributed by atoms with Crippen molar-refractivity contribution in [3.63, 3.8) is 0 Å². The average Bonchev–Trinajstić information content (AvgIpc) is 3.12. The van der Waals surface area contributed by atoms with Gasteiger partial charge in [-0.15, -0.1) is 5.10 Å². The SMILES string of the molecule is C[C@H](Nc1cc(-c2c(N)nn3cccnc23)nc(OCCCN(C)C)n1)c1ccc(F)cc1.[HH].[HH].[HH]. The van der Waals surface area contributed by atoms with Crippen LogP contribution in [0.25, 0.3) is 16.9 Å². The molecule has 0 saturated carbocycles. The van der Waals surface area contributed by atoms with E-state index in [1.54, 1.807) is 41.2 Å². The molecule has 0 saturated heterocycles. The number of nitrogens with one attached hydrogen (secondary N) is 1. The molecule has 0 amide bonds. The Balaban J connectivity index is 0.00000216. The van der Waals surface area contributed by atoms with Crippen molar-refractivity contribution in [1.82, 2.24) is 29.5 Å². The fraction of sp³-hybridized carbons (Fsp3) is 0.304. The number of fused-ring (bicyclic) bond motifs is 1. The summed E-state index contributed by atoms with van der Waals surface area (Å²) < 4.78 is 20.8. The number of benzene rings is 1. The van der Waals surface area contributed by atoms with Crippen LogP contribution in [-0.2, 0) is 0 Å². The van der Waals surface area contributed by atoms with Crippen LogP contribution < -0.4 is 15.8 Å². The van der Waals surface area contributed by atoms with Crippen molar-refractivity contribution in [2.24, 2.45) is 0 Å². The molecule has 3 heterocycles. The molecule has 4 aromatic rings. The van der Waals surface area contributed by atoms with Crippen molar-refractivity contribution >= 4 is 17.3 Å². The van der Waals surface area contributed by atoms with Gasteiger partial charge >= 0.3 is 6.01 Å². The molecule has 9 nitrogen and oxygen atoms in total. The largest absolute Gasteiger partial charge is 0.463 e. The maximum Gasteiger partial charge on any atom is 0.318 e. The third kappa shape index (κ3) is 5.35. The molecule has 178 valence electrons. The van der Waals surface area contributed by atoms with Gasteiger partial charge in [-0.1, -0.05) is 12.1 Å². The summed E-state index contributed by atoms with van der Waals surface area (Å²) in [4.78, 5) is 15.6. The molecule has 33 heavy (non-hydrogen) atoms. The van der Waals surface area contributed by atoms with Gasteiger partial charge in [0.05, 0.1) is 17.9 Å². The quantitative estimate of drug-likeness (QED) is 0.362. The predicted octanol–water partition coefficient (Wildman–Crippen LogP) is 4.15. The van der Waals surface area contributed by atoms with Gasteiger partial charge in [0.15, 0.2) is 11.5 Å². The number of ether oxygens (including phenoxy) is 1. The maximum atomic E-state index is 13.3. The number of halogens is 1. The number of nitrogen functional groups attached to an aromatic ring is 1. The highest BCUT2D eigenvalue weighted by atomic mass is 19.1. The van der Waals surface area contributed by atoms with Gasteiger partial charge in [0.2, 0.25) is 0 Å². The Hall–Kier alpha value is -3.79. The van der Waals surface area contributed by atoms with E-state index in [-0.39, 0.29) is 22.1 Å². The van der Waals surface area contributed by atoms with Gasteiger partial charge in [-0.2, -0.15) is 9.97 Å². The first kappa shape index (κ1) is 22.4. The molecule has 3 aromatic heterocycles. The van der Waals surface area contributed by atoms with Crippen molar-refractivity contribution in [1.29, 1.82) is 0 Å². The minimum Gasteiger partial charge on any atom is -0.463 e. The van der Waals surface area contributed by atoms with Crippen LogP contribution in [0.3, 0.4) is 0 Å². The first-order valence-corrected chi connectivity index (χ1v) is 10.7. The van der Waals surface area contributed by atoms with Crippen LogP contribution in [0.4, 0.5) is 16.0 Å². The highest BCUT2D eigenvalue weighted by Gasteiger charge is 2.18. The maximum absolute atomic E-state index is 13.3. The van der Waals surface area contributed by atoms with Crippen molar-refractivity contribution < 1.29 is 13.4 Å². The lowest BCUT2D eigenvalue weighted by Crippen LogP contribution is -2.16. The number of anilines is 2. The topological polar surface area (TPSA) is 106 Å². The Morgan fingerprint density at radius 1 is 1.24 bits per heavy atom. The van der Waals surface area contributed by atoms with Crippen molar-refractivity contribution in [2.75, 3.05) is 38.3 Å². The Morgan fingerprint density at radius 3 is 2.79 bits per heavy atom. The summed E-state index contributed by atoms with van der Waals surface area (Å²) >= 11 is 0. The van der Waals surface area contributed by atoms with Crippen LogP contribution in [0.5, 0.6) is 6.01 Å². The van der Waals surface area contributed by atoms with Crippen LogP contribution in [-0.4, -0.2) is 56.7 Å². The number of nitrogens with two attached hydrogens (primary N) is 1. The van der Waals surface area contributed by atoms with Gasteiger partial charge in [-0.05, 0) is 51.2 Å². The standard InChI is InChI=1S/C23H27FN8O.3H2/c1-15(16-6-8-17(24)9-7-16)27-19-14-18(28-23(29-19)33-13-5-11-31(2)3)20-21(25)30-32-12-4-10-26-22(20)32;;;/h4,6-10,12,14-15H,5,11,13H2,1-3H3,(H2,25,30)(H,27,28,29);3*1H/t15-;;;/m0.../s1. The zero-order valence-electron chi connectivity index (χ0n) is 18.9. The second-order valence-corrected chi connectivity index (χ2v) is 7.99. The lowest BCUT2D eigenvalue weighted by molar-refractivity contribution is 0.264. The summed E-state index contributed by atoms with van der Waals surface area (Å²) in [6.45, 7) is 3.33. The van der Waals surface area contributed by atoms with E-state index < -0.39 is 0 Å². The molecule has 0 aliphatic heterocycles. The number of rotatable bonds is 9. The first-order chi connectivity index (χ1) is 15.9. The second kappa shape index (κ2) is 9.78. The fourth-order valence-electron chi connectivity index (χ4n) is 3.44. The molecule has 0 aliphatic carbocycles. The van der Waals surface area contributed by atoms with Crippen molar-refractivity contribution in [3.05, 3.63) is 60.2 Å². The van der Waals surface area contributed by atoms with Gasteiger partial charge in [0.1, 0.15) is 11.6 Å². The van der Waals surface area contributed by atoms with E-state index in [1.165, 1.54) is 12.1 Å². The van der Waals surface area contributed by atoms with E-state index in [1.807, 2.05) is 21.0 Å². The molecular formula is C23H33FN8O. The summed E-state index contributed by atoms with van der Waals surface area (Å²) in [5.41, 5.74) is 8.87. The van der Waals surface area contributed by atoms with Crippen LogP contribution >= 0.6 is 0 Å². The molecule has 0 fully saturated rings. The zero-order valence-corrected chi connectivity index (χ0v) is 18.9. The third-order valence-corrected chi connectivity index (χ3v) is 5.10. The number of hydrogen-bond donors (Lipinski definition) is 2. The lowest BCUT2D eigenvalue weighted by atomic mass is 10.1. The molecule has 10 heteroatoms. The fourth-order valence-corrected chi connectivity index (χ4v) is 3.44. The van der Waals surface area contributed by atoms with Gasteiger partial charge in [-0.25, -0.2) is 13.9 Å². The highest BCUT2D eigenvalue weighted by molar-refractivity contribution is 5.85. The van der Waals surface area contributed by atoms with Crippen molar-refractivity contribution in [2.45, 2.75) is 19.4 Å². The smallest absolute Gasteiger partial charge is 0.318 e. The van der Waals surface area contributed by atoms with Crippen LogP contribution in [0, 0.1) is 5.82 Å². The minimum absolute atomic E-state index is 0. The summed E-state index contributed by atoms with van der Waals surface area (Å²) in [5.74, 6) is 0.581. The molecule has 4 rings (SSSR count). The van der Waals surface area contributed by atoms with Gasteiger partial charge in [0, 0.05) is 35.3 Å².